The molecule has 1 fully saturated rings. The Bertz CT molecular complexity index is 403. The van der Waals surface area contributed by atoms with Crippen molar-refractivity contribution in [2.45, 2.75) is 25.4 Å². The van der Waals surface area contributed by atoms with E-state index >= 15 is 0 Å². The zero-order chi connectivity index (χ0) is 13.0. The van der Waals surface area contributed by atoms with Crippen LogP contribution in [0.15, 0.2) is 21.1 Å². The standard InChI is InChI=1S/C13H16Br2O3/c1-16-12-6-11(15)13(7-10(12)14)18-8-9-4-2-3-5-17-9/h6-7,9H,2-5,8H2,1H3. The van der Waals surface area contributed by atoms with Gasteiger partial charge in [-0.15, -0.1) is 0 Å². The van der Waals surface area contributed by atoms with Gasteiger partial charge in [0.25, 0.3) is 0 Å². The summed E-state index contributed by atoms with van der Waals surface area (Å²) < 4.78 is 18.4. The Hall–Kier alpha value is -0.260. The molecule has 1 aromatic rings. The highest BCUT2D eigenvalue weighted by Crippen LogP contribution is 2.36. The van der Waals surface area contributed by atoms with Gasteiger partial charge in [0, 0.05) is 6.61 Å². The summed E-state index contributed by atoms with van der Waals surface area (Å²) in [7, 11) is 1.64. The second-order valence-electron chi connectivity index (χ2n) is 4.22. The van der Waals surface area contributed by atoms with Crippen molar-refractivity contribution in [2.75, 3.05) is 20.3 Å². The van der Waals surface area contributed by atoms with Gasteiger partial charge < -0.3 is 14.2 Å². The lowest BCUT2D eigenvalue weighted by molar-refractivity contribution is -0.0112. The van der Waals surface area contributed by atoms with Gasteiger partial charge in [-0.3, -0.25) is 0 Å². The van der Waals surface area contributed by atoms with Crippen LogP contribution in [-0.2, 0) is 4.74 Å². The van der Waals surface area contributed by atoms with Crippen molar-refractivity contribution in [3.63, 3.8) is 0 Å². The zero-order valence-corrected chi connectivity index (χ0v) is 13.4. The predicted molar refractivity (Wildman–Crippen MR) is 77.5 cm³/mol. The van der Waals surface area contributed by atoms with Crippen LogP contribution in [0.5, 0.6) is 11.5 Å². The van der Waals surface area contributed by atoms with Crippen LogP contribution in [0.4, 0.5) is 0 Å². The van der Waals surface area contributed by atoms with Crippen molar-refractivity contribution >= 4 is 31.9 Å². The molecule has 100 valence electrons. The summed E-state index contributed by atoms with van der Waals surface area (Å²) >= 11 is 6.93. The van der Waals surface area contributed by atoms with Gasteiger partial charge in [-0.2, -0.15) is 0 Å². The zero-order valence-electron chi connectivity index (χ0n) is 10.2. The monoisotopic (exact) mass is 378 g/mol. The molecule has 1 heterocycles. The summed E-state index contributed by atoms with van der Waals surface area (Å²) in [5, 5.41) is 0. The minimum absolute atomic E-state index is 0.214. The average Bonchev–Trinajstić information content (AvgIpc) is 2.40. The third kappa shape index (κ3) is 3.62. The van der Waals surface area contributed by atoms with Crippen LogP contribution < -0.4 is 9.47 Å². The second kappa shape index (κ2) is 6.78. The van der Waals surface area contributed by atoms with E-state index in [1.165, 1.54) is 6.42 Å². The van der Waals surface area contributed by atoms with E-state index in [0.29, 0.717) is 6.61 Å². The molecule has 1 saturated heterocycles. The van der Waals surface area contributed by atoms with E-state index in [0.717, 1.165) is 39.9 Å². The van der Waals surface area contributed by atoms with Crippen molar-refractivity contribution in [1.29, 1.82) is 0 Å². The van der Waals surface area contributed by atoms with Gasteiger partial charge in [-0.1, -0.05) is 0 Å². The molecular weight excluding hydrogens is 364 g/mol. The number of benzene rings is 1. The lowest BCUT2D eigenvalue weighted by Crippen LogP contribution is -2.25. The highest BCUT2D eigenvalue weighted by Gasteiger charge is 2.16. The maximum atomic E-state index is 5.80. The Morgan fingerprint density at radius 2 is 1.94 bits per heavy atom. The van der Waals surface area contributed by atoms with E-state index in [-0.39, 0.29) is 6.10 Å². The minimum Gasteiger partial charge on any atom is -0.496 e. The van der Waals surface area contributed by atoms with Gasteiger partial charge in [0.1, 0.15) is 18.1 Å². The van der Waals surface area contributed by atoms with Crippen LogP contribution >= 0.6 is 31.9 Å². The number of ether oxygens (including phenoxy) is 3. The number of hydrogen-bond donors (Lipinski definition) is 0. The van der Waals surface area contributed by atoms with Crippen LogP contribution in [-0.4, -0.2) is 26.4 Å². The number of rotatable bonds is 4. The first kappa shape index (κ1) is 14.2. The molecule has 0 amide bonds. The number of methoxy groups -OCH3 is 1. The molecule has 2 rings (SSSR count). The van der Waals surface area contributed by atoms with Crippen molar-refractivity contribution < 1.29 is 14.2 Å². The minimum atomic E-state index is 0.214. The molecule has 0 bridgehead atoms. The molecule has 0 aliphatic carbocycles. The first-order valence-corrected chi connectivity index (χ1v) is 7.56. The van der Waals surface area contributed by atoms with Crippen molar-refractivity contribution in [3.8, 4) is 11.5 Å². The van der Waals surface area contributed by atoms with Gasteiger partial charge in [-0.05, 0) is 63.3 Å². The predicted octanol–water partition coefficient (Wildman–Crippen LogP) is 4.17. The van der Waals surface area contributed by atoms with Crippen molar-refractivity contribution in [1.82, 2.24) is 0 Å². The summed E-state index contributed by atoms with van der Waals surface area (Å²) in [4.78, 5) is 0. The van der Waals surface area contributed by atoms with E-state index < -0.39 is 0 Å². The van der Waals surface area contributed by atoms with Crippen molar-refractivity contribution in [3.05, 3.63) is 21.1 Å². The van der Waals surface area contributed by atoms with E-state index in [1.807, 2.05) is 12.1 Å². The third-order valence-corrected chi connectivity index (χ3v) is 4.14. The molecule has 3 nitrogen and oxygen atoms in total. The Morgan fingerprint density at radius 3 is 2.61 bits per heavy atom. The van der Waals surface area contributed by atoms with Crippen molar-refractivity contribution in [2.24, 2.45) is 0 Å². The molecule has 1 unspecified atom stereocenters. The average molecular weight is 380 g/mol. The van der Waals surface area contributed by atoms with Gasteiger partial charge in [-0.25, -0.2) is 0 Å². The molecule has 0 aromatic heterocycles. The molecule has 0 saturated carbocycles. The Balaban J connectivity index is 1.98. The van der Waals surface area contributed by atoms with E-state index in [1.54, 1.807) is 7.11 Å². The first-order valence-electron chi connectivity index (χ1n) is 5.98. The Kier molecular flexibility index (Phi) is 5.33. The molecule has 5 heteroatoms. The van der Waals surface area contributed by atoms with Gasteiger partial charge in [0.2, 0.25) is 0 Å². The summed E-state index contributed by atoms with van der Waals surface area (Å²) in [5.74, 6) is 1.58. The normalized spacial score (nSPS) is 19.6. The third-order valence-electron chi connectivity index (χ3n) is 2.91. The Labute approximate surface area is 124 Å². The molecular formula is C13H16Br2O3. The molecule has 1 aliphatic rings. The fraction of sp³-hybridized carbons (Fsp3) is 0.538. The number of halogens is 2. The lowest BCUT2D eigenvalue weighted by Gasteiger charge is -2.23. The fourth-order valence-corrected chi connectivity index (χ4v) is 2.82. The summed E-state index contributed by atoms with van der Waals surface area (Å²) in [5.41, 5.74) is 0. The topological polar surface area (TPSA) is 27.7 Å². The molecule has 0 N–H and O–H groups in total. The van der Waals surface area contributed by atoms with Crippen LogP contribution in [0.1, 0.15) is 19.3 Å². The fourth-order valence-electron chi connectivity index (χ4n) is 1.90. The molecule has 1 atom stereocenters. The summed E-state index contributed by atoms with van der Waals surface area (Å²) in [6.45, 7) is 1.44. The number of hydrogen-bond acceptors (Lipinski definition) is 3. The Morgan fingerprint density at radius 1 is 1.22 bits per heavy atom. The van der Waals surface area contributed by atoms with Crippen LogP contribution in [0, 0.1) is 0 Å². The smallest absolute Gasteiger partial charge is 0.135 e. The van der Waals surface area contributed by atoms with E-state index in [2.05, 4.69) is 31.9 Å². The highest BCUT2D eigenvalue weighted by atomic mass is 79.9. The molecule has 1 aliphatic heterocycles. The quantitative estimate of drug-likeness (QED) is 0.785. The lowest BCUT2D eigenvalue weighted by atomic mass is 10.1. The van der Waals surface area contributed by atoms with Crippen LogP contribution in [0.2, 0.25) is 0 Å². The first-order chi connectivity index (χ1) is 8.70. The summed E-state index contributed by atoms with van der Waals surface area (Å²) in [6.07, 6.45) is 3.68. The highest BCUT2D eigenvalue weighted by molar-refractivity contribution is 9.11. The largest absolute Gasteiger partial charge is 0.496 e. The van der Waals surface area contributed by atoms with Gasteiger partial charge in [0.05, 0.1) is 22.2 Å². The van der Waals surface area contributed by atoms with Crippen LogP contribution in [0.3, 0.4) is 0 Å². The van der Waals surface area contributed by atoms with E-state index in [4.69, 9.17) is 14.2 Å². The van der Waals surface area contributed by atoms with Crippen LogP contribution in [0.25, 0.3) is 0 Å². The maximum Gasteiger partial charge on any atom is 0.135 e. The molecule has 18 heavy (non-hydrogen) atoms. The van der Waals surface area contributed by atoms with Gasteiger partial charge in [0.15, 0.2) is 0 Å². The molecule has 1 aromatic carbocycles. The van der Waals surface area contributed by atoms with E-state index in [9.17, 15) is 0 Å². The van der Waals surface area contributed by atoms with Gasteiger partial charge >= 0.3 is 0 Å². The SMILES string of the molecule is COc1cc(Br)c(OCC2CCCCO2)cc1Br. The second-order valence-corrected chi connectivity index (χ2v) is 5.93. The molecule has 0 radical (unpaired) electrons. The summed E-state index contributed by atoms with van der Waals surface area (Å²) in [6, 6.07) is 3.80. The molecule has 0 spiro atoms. The maximum absolute atomic E-state index is 5.80.